The molecule has 0 bridgehead atoms. The summed E-state index contributed by atoms with van der Waals surface area (Å²) in [5, 5.41) is 0. The van der Waals surface area contributed by atoms with Crippen molar-refractivity contribution in [2.75, 3.05) is 0 Å². The predicted molar refractivity (Wildman–Crippen MR) is 425 cm³/mol. The monoisotopic (exact) mass is 1250 g/mol. The van der Waals surface area contributed by atoms with Crippen LogP contribution in [0.4, 0.5) is 0 Å². The Labute approximate surface area is 580 Å². The molecule has 0 aromatic rings. The molecule has 0 N–H and O–H groups in total. The van der Waals surface area contributed by atoms with Gasteiger partial charge in [0.2, 0.25) is 0 Å². The molecule has 1 atom stereocenters. The van der Waals surface area contributed by atoms with Crippen molar-refractivity contribution < 1.29 is 16.4 Å². The molecule has 0 aliphatic rings. The first kappa shape index (κ1) is 88.1. The second-order valence-electron chi connectivity index (χ2n) is 33.0. The van der Waals surface area contributed by atoms with Crippen LogP contribution >= 0.6 is 0 Å². The van der Waals surface area contributed by atoms with Crippen molar-refractivity contribution in [3.05, 3.63) is 0 Å². The molecule has 0 amide bonds. The maximum atomic E-state index is 7.74. The first-order valence-corrected chi connectivity index (χ1v) is 37.0. The zero-order chi connectivity index (χ0) is 83.3. The molecule has 0 aliphatic carbocycles. The molecule has 0 rings (SSSR count). The van der Waals surface area contributed by atoms with E-state index in [0.717, 1.165) is 77.9 Å². The van der Waals surface area contributed by atoms with Crippen LogP contribution < -0.4 is 0 Å². The lowest BCUT2D eigenvalue weighted by atomic mass is 9.84. The third kappa shape index (κ3) is 222. The predicted octanol–water partition coefficient (Wildman–Crippen LogP) is 34.0. The van der Waals surface area contributed by atoms with Gasteiger partial charge in [-0.25, -0.2) is 0 Å². The highest BCUT2D eigenvalue weighted by Crippen LogP contribution is 2.24. The Morgan fingerprint density at radius 3 is 0.686 bits per heavy atom. The second kappa shape index (κ2) is 87.1. The molecular weight excluding hydrogens is 1030 g/mol. The van der Waals surface area contributed by atoms with Gasteiger partial charge in [0, 0.05) is 16.4 Å². The van der Waals surface area contributed by atoms with Crippen LogP contribution in [0.5, 0.6) is 0 Å². The van der Waals surface area contributed by atoms with Crippen LogP contribution in [-0.2, 0) is 0 Å². The topological polar surface area (TPSA) is 0 Å². The van der Waals surface area contributed by atoms with E-state index in [9.17, 15) is 0 Å². The molecule has 0 saturated carbocycles. The zero-order valence-electron chi connectivity index (χ0n) is 83.3. The van der Waals surface area contributed by atoms with Crippen molar-refractivity contribution in [1.82, 2.24) is 0 Å². The molecule has 0 saturated heterocycles. The van der Waals surface area contributed by atoms with Gasteiger partial charge in [0.05, 0.1) is 0 Å². The van der Waals surface area contributed by atoms with Crippen molar-refractivity contribution >= 4 is 0 Å². The van der Waals surface area contributed by atoms with Crippen LogP contribution in [0.25, 0.3) is 0 Å². The standard InChI is InChI=1S/3C8H18.4C7H16.3C6H14.C5H12.2C4H10.C3H8/c1-7(2)6-8(3,4)5;1-5-8(6-2)7(3)4;1-4-5-6-7-8(2)3;1-6(2)7(3,4)5;2*1-6(2)5-7(3)4;1-5-7(4)6(2)3;2*1-5(2)6(3)4;1-4-5-6(2)3;1-4-5(2)3;2*1-4(2)3;1-3-2/h7H,6H2,1-5H3;7-8H,5-6H2,1-4H3;8H,4-7H2,1-3H3;6H,1-5H3;3*6-7H,5H2,1-4H3;2*5-6H,1-4H3;6H,4-5H2,1-3H3;5H,4H2,1-3H3;2*4H,1-3H3;3H2,1-2H3/i;;;;5D2;;4D3,5D2,7D;5D;;;;1D3;;. The van der Waals surface area contributed by atoms with Gasteiger partial charge >= 0.3 is 0 Å². The molecule has 86 heavy (non-hydrogen) atoms. The van der Waals surface area contributed by atoms with E-state index in [1.807, 2.05) is 41.5 Å². The van der Waals surface area contributed by atoms with Crippen LogP contribution in [0.2, 0.25) is 0 Å². The van der Waals surface area contributed by atoms with Gasteiger partial charge in [0.15, 0.2) is 0 Å². The Kier molecular flexibility index (Phi) is 89.1. The average molecular weight is 1250 g/mol. The summed E-state index contributed by atoms with van der Waals surface area (Å²) < 4.78 is 86.6. The van der Waals surface area contributed by atoms with Gasteiger partial charge in [-0.3, -0.25) is 0 Å². The quantitative estimate of drug-likeness (QED) is 0.113. The Bertz CT molecular complexity index is 1380. The van der Waals surface area contributed by atoms with Crippen LogP contribution in [0.15, 0.2) is 0 Å². The number of unbranched alkanes of at least 4 members (excludes halogenated alkanes) is 2. The third-order valence-corrected chi connectivity index (χ3v) is 12.8. The largest absolute Gasteiger partial charge is 0.0656 e. The van der Waals surface area contributed by atoms with E-state index in [4.69, 9.17) is 16.4 Å². The van der Waals surface area contributed by atoms with Gasteiger partial charge in [0.1, 0.15) is 0 Å². The fourth-order valence-corrected chi connectivity index (χ4v) is 5.73. The molecule has 0 fully saturated rings. The van der Waals surface area contributed by atoms with Crippen LogP contribution in [0.3, 0.4) is 0 Å². The lowest BCUT2D eigenvalue weighted by Gasteiger charge is -2.22. The summed E-state index contributed by atoms with van der Waals surface area (Å²) in [6, 6.07) is 0. The normalized spacial score (nSPS) is 14.3. The summed E-state index contributed by atoms with van der Waals surface area (Å²) >= 11 is 0. The molecule has 0 aromatic carbocycles. The van der Waals surface area contributed by atoms with E-state index in [1.165, 1.54) is 77.0 Å². The molecule has 0 aliphatic heterocycles. The first-order valence-electron chi connectivity index (χ1n) is 43.0. The third-order valence-electron chi connectivity index (χ3n) is 12.8. The summed E-state index contributed by atoms with van der Waals surface area (Å²) in [7, 11) is 0. The summed E-state index contributed by atoms with van der Waals surface area (Å²) in [5.41, 5.74) is 1.02. The maximum Gasteiger partial charge on any atom is 0.0302 e. The molecule has 0 heteroatoms. The van der Waals surface area contributed by atoms with Gasteiger partial charge < -0.3 is 0 Å². The maximum absolute atomic E-state index is 7.74. The molecule has 0 heterocycles. The minimum atomic E-state index is -2.60. The van der Waals surface area contributed by atoms with Crippen molar-refractivity contribution in [3.8, 4) is 0 Å². The summed E-state index contributed by atoms with van der Waals surface area (Å²) in [6.07, 6.45) is 13.2. The summed E-state index contributed by atoms with van der Waals surface area (Å²) in [4.78, 5) is 0. The van der Waals surface area contributed by atoms with E-state index >= 15 is 0 Å². The molecule has 0 spiro atoms. The Balaban J connectivity index is -0.0000000653. The summed E-state index contributed by atoms with van der Waals surface area (Å²) in [6.45, 7) is 99.7. The van der Waals surface area contributed by atoms with Crippen LogP contribution in [-0.4, -0.2) is 0 Å². The summed E-state index contributed by atoms with van der Waals surface area (Å²) in [5.74, 6) is 8.11. The highest BCUT2D eigenvalue weighted by molar-refractivity contribution is 4.64. The second-order valence-corrected chi connectivity index (χ2v) is 33.0. The van der Waals surface area contributed by atoms with E-state index in [1.54, 1.807) is 27.7 Å². The highest BCUT2D eigenvalue weighted by Gasteiger charge is 2.14. The van der Waals surface area contributed by atoms with Gasteiger partial charge in [0.25, 0.3) is 0 Å². The van der Waals surface area contributed by atoms with E-state index in [0.29, 0.717) is 16.7 Å². The lowest BCUT2D eigenvalue weighted by molar-refractivity contribution is 0.283. The lowest BCUT2D eigenvalue weighted by Crippen LogP contribution is -2.12. The average Bonchev–Trinajstić information content (AvgIpc) is 3.35. The fourth-order valence-electron chi connectivity index (χ4n) is 5.73. The SMILES string of the molecule is CC(C)C.CC(C)C(C)(C)C.CC(C)C(C)C.CC(C)CC(C)(C)C.CC(C)CC(C)C.CCC.CCC(C)C.CCC(CC)C(C)C.CCCC(C)C.CCCCCC(C)C.[2H]C(C)(C)C(C)C.[2H]C([2H])(C(C)C)C(C)C.[2H]C([2H])([2H])C(C)C.[2H]C([2H])([2H])C([2H])(C(C)C)C([2H])([2H])C. The number of hydrogen-bond acceptors (Lipinski definition) is 0. The highest BCUT2D eigenvalue weighted by atomic mass is 14.2. The molecule has 0 nitrogen and oxygen atoms in total. The molecule has 544 valence electrons. The first-order chi connectivity index (χ1) is 43.0. The molecule has 0 radical (unpaired) electrons. The van der Waals surface area contributed by atoms with Crippen molar-refractivity contribution in [2.24, 2.45) is 123 Å². The van der Waals surface area contributed by atoms with Crippen molar-refractivity contribution in [1.29, 1.82) is 0 Å². The van der Waals surface area contributed by atoms with Crippen molar-refractivity contribution in [2.45, 2.75) is 443 Å². The van der Waals surface area contributed by atoms with Gasteiger partial charge in [-0.1, -0.05) is 424 Å². The Morgan fingerprint density at radius 1 is 0.349 bits per heavy atom. The Morgan fingerprint density at radius 2 is 0.651 bits per heavy atom. The Hall–Kier alpha value is 0. The zero-order valence-corrected chi connectivity index (χ0v) is 71.3. The minimum Gasteiger partial charge on any atom is -0.0656 e. The minimum absolute atomic E-state index is 0.123. The van der Waals surface area contributed by atoms with E-state index in [2.05, 4.69) is 263 Å². The smallest absolute Gasteiger partial charge is 0.0302 e. The molecule has 1 unspecified atom stereocenters. The van der Waals surface area contributed by atoms with Gasteiger partial charge in [-0.05, 0) is 142 Å². The molecule has 0 aromatic heterocycles. The van der Waals surface area contributed by atoms with Gasteiger partial charge in [-0.2, -0.15) is 0 Å². The molecular formula is C86H200. The van der Waals surface area contributed by atoms with E-state index in [-0.39, 0.29) is 23.6 Å². The van der Waals surface area contributed by atoms with Crippen molar-refractivity contribution in [3.63, 3.8) is 0 Å². The van der Waals surface area contributed by atoms with E-state index < -0.39 is 38.3 Å². The van der Waals surface area contributed by atoms with Crippen LogP contribution in [0.1, 0.15) is 459 Å². The van der Waals surface area contributed by atoms with Gasteiger partial charge in [-0.15, -0.1) is 0 Å². The fraction of sp³-hybridized carbons (Fsp3) is 1.00. The number of rotatable bonds is 19. The number of hydrogen-bond donors (Lipinski definition) is 0. The van der Waals surface area contributed by atoms with Crippen LogP contribution in [0, 0.1) is 123 Å².